The van der Waals surface area contributed by atoms with Crippen molar-refractivity contribution in [2.75, 3.05) is 6.61 Å². The van der Waals surface area contributed by atoms with Crippen LogP contribution in [0.5, 0.6) is 0 Å². The maximum absolute atomic E-state index is 11.8. The van der Waals surface area contributed by atoms with Gasteiger partial charge in [0.1, 0.15) is 5.78 Å². The molecule has 0 aliphatic rings. The minimum atomic E-state index is -0.333. The molecule has 0 radical (unpaired) electrons. The van der Waals surface area contributed by atoms with E-state index in [1.165, 1.54) is 6.92 Å². The van der Waals surface area contributed by atoms with Gasteiger partial charge in [0, 0.05) is 6.42 Å². The zero-order valence-corrected chi connectivity index (χ0v) is 10.3. The summed E-state index contributed by atoms with van der Waals surface area (Å²) in [4.78, 5) is 22.8. The molecule has 0 saturated heterocycles. The predicted molar refractivity (Wildman–Crippen MR) is 65.7 cm³/mol. The summed E-state index contributed by atoms with van der Waals surface area (Å²) >= 11 is 0. The van der Waals surface area contributed by atoms with Crippen molar-refractivity contribution in [3.63, 3.8) is 0 Å². The predicted octanol–water partition coefficient (Wildman–Crippen LogP) is 2.70. The Labute approximate surface area is 102 Å². The van der Waals surface area contributed by atoms with Gasteiger partial charge in [-0.1, -0.05) is 30.3 Å². The molecule has 3 nitrogen and oxygen atoms in total. The Morgan fingerprint density at radius 1 is 1.24 bits per heavy atom. The number of Topliss-reactive ketones (excluding diaryl/α,β-unsaturated/α-hetero) is 1. The van der Waals surface area contributed by atoms with Crippen LogP contribution in [0.1, 0.15) is 38.2 Å². The molecule has 1 rings (SSSR count). The molecule has 0 saturated carbocycles. The lowest BCUT2D eigenvalue weighted by Gasteiger charge is -2.15. The molecule has 0 N–H and O–H groups in total. The van der Waals surface area contributed by atoms with E-state index in [1.54, 1.807) is 6.92 Å². The van der Waals surface area contributed by atoms with Crippen molar-refractivity contribution in [2.24, 2.45) is 0 Å². The van der Waals surface area contributed by atoms with Crippen LogP contribution in [0.25, 0.3) is 0 Å². The first-order valence-electron chi connectivity index (χ1n) is 5.86. The molecule has 1 atom stereocenters. The second-order valence-electron chi connectivity index (χ2n) is 3.96. The van der Waals surface area contributed by atoms with E-state index in [0.717, 1.165) is 5.56 Å². The van der Waals surface area contributed by atoms with Gasteiger partial charge in [0.25, 0.3) is 0 Å². The van der Waals surface area contributed by atoms with Crippen molar-refractivity contribution in [2.45, 2.75) is 32.6 Å². The fourth-order valence-corrected chi connectivity index (χ4v) is 1.70. The van der Waals surface area contributed by atoms with Crippen LogP contribution in [0.3, 0.4) is 0 Å². The fraction of sp³-hybridized carbons (Fsp3) is 0.429. The lowest BCUT2D eigenvalue weighted by atomic mass is 9.93. The first kappa shape index (κ1) is 13.4. The summed E-state index contributed by atoms with van der Waals surface area (Å²) in [5, 5.41) is 0. The van der Waals surface area contributed by atoms with Gasteiger partial charge in [0.05, 0.1) is 12.5 Å². The molecule has 1 aromatic rings. The lowest BCUT2D eigenvalue weighted by Crippen LogP contribution is -2.17. The first-order valence-corrected chi connectivity index (χ1v) is 5.86. The molecule has 3 heteroatoms. The average Bonchev–Trinajstić information content (AvgIpc) is 2.30. The van der Waals surface area contributed by atoms with Crippen LogP contribution in [0, 0.1) is 0 Å². The first-order chi connectivity index (χ1) is 8.15. The van der Waals surface area contributed by atoms with Gasteiger partial charge >= 0.3 is 5.97 Å². The van der Waals surface area contributed by atoms with E-state index in [1.807, 2.05) is 30.3 Å². The van der Waals surface area contributed by atoms with Crippen LogP contribution in [0.4, 0.5) is 0 Å². The largest absolute Gasteiger partial charge is 0.466 e. The molecule has 0 aromatic heterocycles. The SMILES string of the molecule is CCOC(=O)C(CCC(C)=O)c1ccccc1. The highest BCUT2D eigenvalue weighted by atomic mass is 16.5. The summed E-state index contributed by atoms with van der Waals surface area (Å²) in [5.74, 6) is -0.491. The molecule has 0 bridgehead atoms. The lowest BCUT2D eigenvalue weighted by molar-refractivity contribution is -0.145. The molecule has 0 amide bonds. The average molecular weight is 234 g/mol. The number of hydrogen-bond donors (Lipinski definition) is 0. The quantitative estimate of drug-likeness (QED) is 0.711. The zero-order valence-electron chi connectivity index (χ0n) is 10.3. The summed E-state index contributed by atoms with van der Waals surface area (Å²) in [5.41, 5.74) is 0.909. The van der Waals surface area contributed by atoms with E-state index in [9.17, 15) is 9.59 Å². The van der Waals surface area contributed by atoms with Crippen LogP contribution in [0.2, 0.25) is 0 Å². The van der Waals surface area contributed by atoms with Crippen molar-refractivity contribution in [3.05, 3.63) is 35.9 Å². The Bertz CT molecular complexity index is 370. The van der Waals surface area contributed by atoms with Gasteiger partial charge in [-0.2, -0.15) is 0 Å². The summed E-state index contributed by atoms with van der Waals surface area (Å²) < 4.78 is 5.04. The van der Waals surface area contributed by atoms with Gasteiger partial charge in [-0.25, -0.2) is 0 Å². The normalized spacial score (nSPS) is 11.9. The van der Waals surface area contributed by atoms with Crippen LogP contribution >= 0.6 is 0 Å². The molecule has 0 fully saturated rings. The van der Waals surface area contributed by atoms with Gasteiger partial charge in [0.15, 0.2) is 0 Å². The summed E-state index contributed by atoms with van der Waals surface area (Å²) in [6, 6.07) is 9.45. The molecule has 92 valence electrons. The molecule has 1 aromatic carbocycles. The van der Waals surface area contributed by atoms with Crippen molar-refractivity contribution < 1.29 is 14.3 Å². The standard InChI is InChI=1S/C14H18O3/c1-3-17-14(16)13(10-9-11(2)15)12-7-5-4-6-8-12/h4-8,13H,3,9-10H2,1-2H3. The number of esters is 1. The number of ether oxygens (including phenoxy) is 1. The highest BCUT2D eigenvalue weighted by Gasteiger charge is 2.21. The summed E-state index contributed by atoms with van der Waals surface area (Å²) in [6.07, 6.45) is 0.913. The number of ketones is 1. The molecular weight excluding hydrogens is 216 g/mol. The number of hydrogen-bond acceptors (Lipinski definition) is 3. The Morgan fingerprint density at radius 2 is 1.88 bits per heavy atom. The monoisotopic (exact) mass is 234 g/mol. The number of benzene rings is 1. The minimum absolute atomic E-state index is 0.0928. The summed E-state index contributed by atoms with van der Waals surface area (Å²) in [7, 11) is 0. The van der Waals surface area contributed by atoms with Crippen LogP contribution in [-0.4, -0.2) is 18.4 Å². The van der Waals surface area contributed by atoms with E-state index in [0.29, 0.717) is 19.4 Å². The molecule has 0 heterocycles. The molecule has 0 spiro atoms. The highest BCUT2D eigenvalue weighted by Crippen LogP contribution is 2.22. The van der Waals surface area contributed by atoms with E-state index >= 15 is 0 Å². The Kier molecular flexibility index (Phi) is 5.40. The minimum Gasteiger partial charge on any atom is -0.466 e. The Hall–Kier alpha value is -1.64. The van der Waals surface area contributed by atoms with Crippen LogP contribution < -0.4 is 0 Å². The smallest absolute Gasteiger partial charge is 0.313 e. The van der Waals surface area contributed by atoms with Crippen molar-refractivity contribution in [3.8, 4) is 0 Å². The van der Waals surface area contributed by atoms with Crippen molar-refractivity contribution in [1.82, 2.24) is 0 Å². The van der Waals surface area contributed by atoms with E-state index in [2.05, 4.69) is 0 Å². The molecule has 0 aliphatic heterocycles. The highest BCUT2D eigenvalue weighted by molar-refractivity contribution is 5.80. The van der Waals surface area contributed by atoms with Crippen molar-refractivity contribution in [1.29, 1.82) is 0 Å². The second-order valence-corrected chi connectivity index (χ2v) is 3.96. The topological polar surface area (TPSA) is 43.4 Å². The number of carbonyl (C=O) groups is 2. The third-order valence-corrected chi connectivity index (χ3v) is 2.56. The second kappa shape index (κ2) is 6.84. The van der Waals surface area contributed by atoms with Gasteiger partial charge in [-0.3, -0.25) is 4.79 Å². The third kappa shape index (κ3) is 4.39. The van der Waals surface area contributed by atoms with Gasteiger partial charge < -0.3 is 9.53 Å². The van der Waals surface area contributed by atoms with Crippen molar-refractivity contribution >= 4 is 11.8 Å². The van der Waals surface area contributed by atoms with E-state index in [-0.39, 0.29) is 17.7 Å². The maximum atomic E-state index is 11.8. The van der Waals surface area contributed by atoms with Crippen LogP contribution in [0.15, 0.2) is 30.3 Å². The molecular formula is C14H18O3. The molecule has 17 heavy (non-hydrogen) atoms. The van der Waals surface area contributed by atoms with Gasteiger partial charge in [0.2, 0.25) is 0 Å². The maximum Gasteiger partial charge on any atom is 0.313 e. The van der Waals surface area contributed by atoms with Gasteiger partial charge in [-0.05, 0) is 25.8 Å². The van der Waals surface area contributed by atoms with E-state index in [4.69, 9.17) is 4.74 Å². The Balaban J connectivity index is 2.78. The zero-order chi connectivity index (χ0) is 12.7. The van der Waals surface area contributed by atoms with Crippen LogP contribution in [-0.2, 0) is 14.3 Å². The molecule has 0 aliphatic carbocycles. The molecule has 1 unspecified atom stereocenters. The third-order valence-electron chi connectivity index (χ3n) is 2.56. The van der Waals surface area contributed by atoms with E-state index < -0.39 is 0 Å². The summed E-state index contributed by atoms with van der Waals surface area (Å²) in [6.45, 7) is 3.68. The Morgan fingerprint density at radius 3 is 2.41 bits per heavy atom. The van der Waals surface area contributed by atoms with Gasteiger partial charge in [-0.15, -0.1) is 0 Å². The number of carbonyl (C=O) groups excluding carboxylic acids is 2. The fourth-order valence-electron chi connectivity index (χ4n) is 1.70. The number of rotatable bonds is 6.